The van der Waals surface area contributed by atoms with E-state index in [1.165, 1.54) is 19.6 Å². The van der Waals surface area contributed by atoms with Gasteiger partial charge in [0.2, 0.25) is 0 Å². The fourth-order valence-electron chi connectivity index (χ4n) is 3.77. The first-order valence-corrected chi connectivity index (χ1v) is 12.0. The highest BCUT2D eigenvalue weighted by molar-refractivity contribution is 6.08. The number of nitrogens with one attached hydrogen (secondary N) is 2. The van der Waals surface area contributed by atoms with Crippen molar-refractivity contribution in [2.75, 3.05) is 53.6 Å². The first-order chi connectivity index (χ1) is 17.9. The van der Waals surface area contributed by atoms with Crippen molar-refractivity contribution in [2.24, 2.45) is 0 Å². The molecule has 0 aromatic heterocycles. The number of carbonyl (C=O) groups is 3. The molecule has 2 aromatic rings. The molecule has 3 amide bonds. The summed E-state index contributed by atoms with van der Waals surface area (Å²) in [6.45, 7) is 5.20. The van der Waals surface area contributed by atoms with Crippen molar-refractivity contribution < 1.29 is 29.1 Å². The van der Waals surface area contributed by atoms with Crippen molar-refractivity contribution in [3.63, 3.8) is 0 Å². The van der Waals surface area contributed by atoms with Crippen molar-refractivity contribution in [3.8, 4) is 17.6 Å². The van der Waals surface area contributed by atoms with Gasteiger partial charge >= 0.3 is 0 Å². The predicted octanol–water partition coefficient (Wildman–Crippen LogP) is 0.880. The van der Waals surface area contributed by atoms with Gasteiger partial charge in [-0.1, -0.05) is 11.8 Å². The van der Waals surface area contributed by atoms with Crippen molar-refractivity contribution in [2.45, 2.75) is 12.5 Å². The van der Waals surface area contributed by atoms with Gasteiger partial charge in [-0.15, -0.1) is 0 Å². The number of ether oxygens (including phenoxy) is 2. The topological polar surface area (TPSA) is 120 Å². The van der Waals surface area contributed by atoms with Crippen LogP contribution in [-0.2, 0) is 14.3 Å². The standard InChI is InChI=1S/C27H32N4O6/c1-28-25(32)24(26(33)29-35)30(2)27(34)22-10-6-20(7-11-22)4-5-21-8-12-23(13-9-21)37-17-3-14-31-15-18-36-19-16-31/h6-13,24,35H,3,14-19H2,1-2H3,(H,28,32)(H,29,33). The van der Waals surface area contributed by atoms with Crippen LogP contribution in [0.4, 0.5) is 0 Å². The SMILES string of the molecule is CNC(=O)C(C(=O)NO)N(C)C(=O)c1ccc(C#Cc2ccc(OCCCN3CCOCC3)cc2)cc1. The summed E-state index contributed by atoms with van der Waals surface area (Å²) in [4.78, 5) is 40.0. The third-order valence-electron chi connectivity index (χ3n) is 5.89. The quantitative estimate of drug-likeness (QED) is 0.151. The Morgan fingerprint density at radius 2 is 1.62 bits per heavy atom. The average Bonchev–Trinajstić information content (AvgIpc) is 2.95. The van der Waals surface area contributed by atoms with E-state index < -0.39 is 23.8 Å². The Bertz CT molecular complexity index is 1100. The van der Waals surface area contributed by atoms with E-state index in [-0.39, 0.29) is 5.56 Å². The number of hydroxylamine groups is 1. The number of rotatable bonds is 9. The van der Waals surface area contributed by atoms with E-state index in [9.17, 15) is 14.4 Å². The summed E-state index contributed by atoms with van der Waals surface area (Å²) in [5, 5.41) is 11.2. The molecule has 3 rings (SSSR count). The minimum absolute atomic E-state index is 0.266. The van der Waals surface area contributed by atoms with Crippen LogP contribution in [0.3, 0.4) is 0 Å². The molecular weight excluding hydrogens is 476 g/mol. The summed E-state index contributed by atoms with van der Waals surface area (Å²) in [5.41, 5.74) is 3.19. The molecule has 1 unspecified atom stereocenters. The molecule has 1 fully saturated rings. The smallest absolute Gasteiger partial charge is 0.275 e. The molecule has 0 saturated carbocycles. The van der Waals surface area contributed by atoms with Crippen LogP contribution >= 0.6 is 0 Å². The monoisotopic (exact) mass is 508 g/mol. The van der Waals surface area contributed by atoms with E-state index in [1.807, 2.05) is 24.3 Å². The van der Waals surface area contributed by atoms with Gasteiger partial charge in [-0.3, -0.25) is 24.5 Å². The van der Waals surface area contributed by atoms with Gasteiger partial charge in [0.15, 0.2) is 6.04 Å². The highest BCUT2D eigenvalue weighted by Gasteiger charge is 2.33. The maximum atomic E-state index is 12.8. The number of hydrogen-bond donors (Lipinski definition) is 3. The van der Waals surface area contributed by atoms with Gasteiger partial charge in [0.05, 0.1) is 19.8 Å². The minimum atomic E-state index is -1.52. The lowest BCUT2D eigenvalue weighted by Crippen LogP contribution is -2.54. The maximum Gasteiger partial charge on any atom is 0.275 e. The summed E-state index contributed by atoms with van der Waals surface area (Å²) in [6, 6.07) is 12.5. The summed E-state index contributed by atoms with van der Waals surface area (Å²) in [6.07, 6.45) is 0.955. The highest BCUT2D eigenvalue weighted by atomic mass is 16.5. The normalized spacial score (nSPS) is 14.0. The number of amides is 3. The third kappa shape index (κ3) is 8.05. The first kappa shape index (κ1) is 27.7. The molecule has 196 valence electrons. The number of carbonyl (C=O) groups excluding carboxylic acids is 3. The molecule has 1 saturated heterocycles. The van der Waals surface area contributed by atoms with Crippen molar-refractivity contribution in [1.29, 1.82) is 0 Å². The average molecular weight is 509 g/mol. The second kappa shape index (κ2) is 14.0. The van der Waals surface area contributed by atoms with Crippen LogP contribution in [0.15, 0.2) is 48.5 Å². The molecule has 10 heteroatoms. The maximum absolute atomic E-state index is 12.8. The molecular formula is C27H32N4O6. The van der Waals surface area contributed by atoms with Gasteiger partial charge in [0.1, 0.15) is 5.75 Å². The van der Waals surface area contributed by atoms with Crippen LogP contribution in [0.1, 0.15) is 27.9 Å². The molecule has 3 N–H and O–H groups in total. The zero-order valence-electron chi connectivity index (χ0n) is 21.0. The second-order valence-electron chi connectivity index (χ2n) is 8.42. The Hall–Kier alpha value is -3.91. The van der Waals surface area contributed by atoms with Gasteiger partial charge in [-0.25, -0.2) is 5.48 Å². The van der Waals surface area contributed by atoms with Crippen LogP contribution in [-0.4, -0.2) is 92.3 Å². The minimum Gasteiger partial charge on any atom is -0.494 e. The lowest BCUT2D eigenvalue weighted by Gasteiger charge is -2.26. The van der Waals surface area contributed by atoms with Crippen molar-refractivity contribution in [3.05, 3.63) is 65.2 Å². The molecule has 0 spiro atoms. The van der Waals surface area contributed by atoms with Crippen LogP contribution in [0, 0.1) is 11.8 Å². The second-order valence-corrected chi connectivity index (χ2v) is 8.42. The Labute approximate surface area is 216 Å². The summed E-state index contributed by atoms with van der Waals surface area (Å²) >= 11 is 0. The summed E-state index contributed by atoms with van der Waals surface area (Å²) in [7, 11) is 2.64. The van der Waals surface area contributed by atoms with Gasteiger partial charge < -0.3 is 19.7 Å². The summed E-state index contributed by atoms with van der Waals surface area (Å²) in [5.74, 6) is 4.63. The number of likely N-dealkylation sites (N-methyl/N-ethyl adjacent to an activating group) is 2. The molecule has 37 heavy (non-hydrogen) atoms. The van der Waals surface area contributed by atoms with Gasteiger partial charge in [-0.2, -0.15) is 0 Å². The van der Waals surface area contributed by atoms with E-state index in [2.05, 4.69) is 22.1 Å². The Morgan fingerprint density at radius 1 is 1.03 bits per heavy atom. The number of morpholine rings is 1. The fraction of sp³-hybridized carbons (Fsp3) is 0.370. The number of hydrogen-bond acceptors (Lipinski definition) is 7. The predicted molar refractivity (Wildman–Crippen MR) is 136 cm³/mol. The fourth-order valence-corrected chi connectivity index (χ4v) is 3.77. The number of benzene rings is 2. The van der Waals surface area contributed by atoms with E-state index >= 15 is 0 Å². The lowest BCUT2D eigenvalue weighted by atomic mass is 10.1. The van der Waals surface area contributed by atoms with Gasteiger partial charge in [0.25, 0.3) is 17.7 Å². The zero-order valence-corrected chi connectivity index (χ0v) is 21.0. The molecule has 2 aromatic carbocycles. The van der Waals surface area contributed by atoms with Crippen LogP contribution < -0.4 is 15.5 Å². The van der Waals surface area contributed by atoms with Crippen LogP contribution in [0.25, 0.3) is 0 Å². The number of nitrogens with zero attached hydrogens (tertiary/aromatic N) is 2. The van der Waals surface area contributed by atoms with Crippen LogP contribution in [0.2, 0.25) is 0 Å². The zero-order chi connectivity index (χ0) is 26.6. The van der Waals surface area contributed by atoms with E-state index in [0.717, 1.165) is 55.5 Å². The first-order valence-electron chi connectivity index (χ1n) is 12.0. The Morgan fingerprint density at radius 3 is 2.19 bits per heavy atom. The molecule has 1 aliphatic heterocycles. The van der Waals surface area contributed by atoms with E-state index in [4.69, 9.17) is 14.7 Å². The molecule has 1 atom stereocenters. The summed E-state index contributed by atoms with van der Waals surface area (Å²) < 4.78 is 11.2. The molecule has 0 aliphatic carbocycles. The van der Waals surface area contributed by atoms with Crippen LogP contribution in [0.5, 0.6) is 5.75 Å². The molecule has 0 radical (unpaired) electrons. The van der Waals surface area contributed by atoms with E-state index in [0.29, 0.717) is 12.2 Å². The molecule has 10 nitrogen and oxygen atoms in total. The van der Waals surface area contributed by atoms with Gasteiger partial charge in [-0.05, 0) is 55.0 Å². The van der Waals surface area contributed by atoms with Crippen molar-refractivity contribution >= 4 is 17.7 Å². The molecule has 1 heterocycles. The van der Waals surface area contributed by atoms with Gasteiger partial charge in [0, 0.05) is 50.4 Å². The largest absolute Gasteiger partial charge is 0.494 e. The molecule has 0 bridgehead atoms. The van der Waals surface area contributed by atoms with E-state index in [1.54, 1.807) is 24.3 Å². The third-order valence-corrected chi connectivity index (χ3v) is 5.89. The Balaban J connectivity index is 1.53. The highest BCUT2D eigenvalue weighted by Crippen LogP contribution is 2.13. The Kier molecular flexibility index (Phi) is 10.5. The molecule has 1 aliphatic rings. The lowest BCUT2D eigenvalue weighted by molar-refractivity contribution is -0.140. The van der Waals surface area contributed by atoms with Crippen molar-refractivity contribution in [1.82, 2.24) is 20.6 Å².